The van der Waals surface area contributed by atoms with Gasteiger partial charge in [-0.1, -0.05) is 12.1 Å². The van der Waals surface area contributed by atoms with E-state index in [4.69, 9.17) is 0 Å². The largest absolute Gasteiger partial charge is 0.341 e. The van der Waals surface area contributed by atoms with Gasteiger partial charge in [0.05, 0.1) is 0 Å². The molecule has 0 aliphatic heterocycles. The van der Waals surface area contributed by atoms with Crippen LogP contribution in [0.2, 0.25) is 0 Å². The van der Waals surface area contributed by atoms with Crippen LogP contribution in [-0.4, -0.2) is 37.4 Å². The van der Waals surface area contributed by atoms with Crippen molar-refractivity contribution < 1.29 is 9.18 Å². The van der Waals surface area contributed by atoms with E-state index in [1.165, 1.54) is 18.5 Å². The Kier molecular flexibility index (Phi) is 4.74. The molecule has 6 nitrogen and oxygen atoms in total. The van der Waals surface area contributed by atoms with Crippen LogP contribution in [0.25, 0.3) is 5.78 Å². The highest BCUT2D eigenvalue weighted by Crippen LogP contribution is 2.16. The van der Waals surface area contributed by atoms with Crippen LogP contribution < -0.4 is 0 Å². The van der Waals surface area contributed by atoms with E-state index in [2.05, 4.69) is 15.1 Å². The Morgan fingerprint density at radius 1 is 1.32 bits per heavy atom. The molecule has 130 valence electrons. The van der Waals surface area contributed by atoms with Crippen molar-refractivity contribution in [3.63, 3.8) is 0 Å². The Morgan fingerprint density at radius 2 is 2.12 bits per heavy atom. The second kappa shape index (κ2) is 6.96. The molecule has 0 aliphatic rings. The summed E-state index contributed by atoms with van der Waals surface area (Å²) in [5.41, 5.74) is 3.58. The monoisotopic (exact) mass is 341 g/mol. The Hall–Kier alpha value is -2.83. The summed E-state index contributed by atoms with van der Waals surface area (Å²) < 4.78 is 14.9. The number of benzene rings is 1. The van der Waals surface area contributed by atoms with Crippen molar-refractivity contribution >= 4 is 11.7 Å². The summed E-state index contributed by atoms with van der Waals surface area (Å²) >= 11 is 0. The molecule has 0 fully saturated rings. The van der Waals surface area contributed by atoms with Crippen LogP contribution in [0.5, 0.6) is 0 Å². The zero-order chi connectivity index (χ0) is 18.0. The van der Waals surface area contributed by atoms with Gasteiger partial charge in [-0.05, 0) is 43.5 Å². The van der Waals surface area contributed by atoms with E-state index >= 15 is 0 Å². The molecule has 0 saturated carbocycles. The number of carbonyl (C=O) groups excluding carboxylic acids is 1. The third-order valence-electron chi connectivity index (χ3n) is 4.31. The maximum absolute atomic E-state index is 13.3. The van der Waals surface area contributed by atoms with Crippen molar-refractivity contribution in [2.24, 2.45) is 0 Å². The van der Waals surface area contributed by atoms with Gasteiger partial charge in [0.15, 0.2) is 0 Å². The molecule has 2 aromatic heterocycles. The van der Waals surface area contributed by atoms with E-state index in [-0.39, 0.29) is 11.7 Å². The SMILES string of the molecule is Cc1nc2ncnn2c(C)c1CCC(=O)N(C)Cc1cccc(F)c1. The highest BCUT2D eigenvalue weighted by Gasteiger charge is 2.15. The molecule has 0 bridgehead atoms. The Morgan fingerprint density at radius 3 is 2.88 bits per heavy atom. The van der Waals surface area contributed by atoms with E-state index in [0.717, 1.165) is 22.5 Å². The van der Waals surface area contributed by atoms with Gasteiger partial charge in [0.1, 0.15) is 12.1 Å². The van der Waals surface area contributed by atoms with Crippen molar-refractivity contribution in [2.45, 2.75) is 33.2 Å². The molecule has 0 unspecified atom stereocenters. The van der Waals surface area contributed by atoms with Crippen molar-refractivity contribution in [3.8, 4) is 0 Å². The van der Waals surface area contributed by atoms with E-state index < -0.39 is 0 Å². The molecule has 25 heavy (non-hydrogen) atoms. The first-order valence-corrected chi connectivity index (χ1v) is 8.10. The van der Waals surface area contributed by atoms with Crippen LogP contribution in [0, 0.1) is 19.7 Å². The molecule has 0 saturated heterocycles. The zero-order valence-electron chi connectivity index (χ0n) is 14.5. The van der Waals surface area contributed by atoms with Crippen molar-refractivity contribution in [2.75, 3.05) is 7.05 Å². The van der Waals surface area contributed by atoms with Gasteiger partial charge < -0.3 is 4.90 Å². The number of hydrogen-bond acceptors (Lipinski definition) is 4. The third kappa shape index (κ3) is 3.65. The second-order valence-corrected chi connectivity index (χ2v) is 6.11. The summed E-state index contributed by atoms with van der Waals surface area (Å²) in [4.78, 5) is 22.5. The molecule has 0 radical (unpaired) electrons. The van der Waals surface area contributed by atoms with Crippen LogP contribution >= 0.6 is 0 Å². The highest BCUT2D eigenvalue weighted by atomic mass is 19.1. The number of aromatic nitrogens is 4. The fourth-order valence-electron chi connectivity index (χ4n) is 2.94. The fourth-order valence-corrected chi connectivity index (χ4v) is 2.94. The molecule has 0 spiro atoms. The summed E-state index contributed by atoms with van der Waals surface area (Å²) in [6, 6.07) is 6.29. The molecule has 0 N–H and O–H groups in total. The first-order chi connectivity index (χ1) is 12.0. The van der Waals surface area contributed by atoms with Crippen LogP contribution in [0.1, 0.15) is 28.9 Å². The first-order valence-electron chi connectivity index (χ1n) is 8.10. The van der Waals surface area contributed by atoms with Gasteiger partial charge in [-0.25, -0.2) is 13.9 Å². The molecular formula is C18H20FN5O. The lowest BCUT2D eigenvalue weighted by molar-refractivity contribution is -0.130. The Labute approximate surface area is 145 Å². The average molecular weight is 341 g/mol. The lowest BCUT2D eigenvalue weighted by Gasteiger charge is -2.18. The first kappa shape index (κ1) is 17.0. The van der Waals surface area contributed by atoms with Crippen LogP contribution in [-0.2, 0) is 17.8 Å². The second-order valence-electron chi connectivity index (χ2n) is 6.11. The normalized spacial score (nSPS) is 11.0. The lowest BCUT2D eigenvalue weighted by Crippen LogP contribution is -2.26. The maximum atomic E-state index is 13.3. The lowest BCUT2D eigenvalue weighted by atomic mass is 10.1. The molecule has 1 amide bonds. The minimum Gasteiger partial charge on any atom is -0.341 e. The van der Waals surface area contributed by atoms with Gasteiger partial charge in [-0.3, -0.25) is 4.79 Å². The number of nitrogens with zero attached hydrogens (tertiary/aromatic N) is 5. The van der Waals surface area contributed by atoms with Gasteiger partial charge >= 0.3 is 0 Å². The average Bonchev–Trinajstić information content (AvgIpc) is 3.02. The number of aryl methyl sites for hydroxylation is 2. The molecular weight excluding hydrogens is 321 g/mol. The van der Waals surface area contributed by atoms with Crippen LogP contribution in [0.15, 0.2) is 30.6 Å². The summed E-state index contributed by atoms with van der Waals surface area (Å²) in [7, 11) is 1.73. The zero-order valence-corrected chi connectivity index (χ0v) is 14.5. The minimum absolute atomic E-state index is 0.00162. The molecule has 2 heterocycles. The summed E-state index contributed by atoms with van der Waals surface area (Å²) in [6.45, 7) is 4.25. The smallest absolute Gasteiger partial charge is 0.252 e. The van der Waals surface area contributed by atoms with Crippen LogP contribution in [0.4, 0.5) is 4.39 Å². The van der Waals surface area contributed by atoms with Gasteiger partial charge in [0, 0.05) is 31.4 Å². The van der Waals surface area contributed by atoms with E-state index in [0.29, 0.717) is 25.2 Å². The predicted molar refractivity (Wildman–Crippen MR) is 91.5 cm³/mol. The van der Waals surface area contributed by atoms with Crippen molar-refractivity contribution in [1.29, 1.82) is 0 Å². The van der Waals surface area contributed by atoms with E-state index in [1.807, 2.05) is 19.9 Å². The summed E-state index contributed by atoms with van der Waals surface area (Å²) in [6.07, 6.45) is 2.40. The van der Waals surface area contributed by atoms with Gasteiger partial charge in [0.25, 0.3) is 5.78 Å². The van der Waals surface area contributed by atoms with Crippen molar-refractivity contribution in [1.82, 2.24) is 24.5 Å². The number of fused-ring (bicyclic) bond motifs is 1. The Balaban J connectivity index is 1.67. The maximum Gasteiger partial charge on any atom is 0.252 e. The fraction of sp³-hybridized carbons (Fsp3) is 0.333. The van der Waals surface area contributed by atoms with E-state index in [1.54, 1.807) is 22.5 Å². The molecule has 7 heteroatoms. The number of rotatable bonds is 5. The predicted octanol–water partition coefficient (Wildman–Crippen LogP) is 2.47. The number of hydrogen-bond donors (Lipinski definition) is 0. The quantitative estimate of drug-likeness (QED) is 0.715. The minimum atomic E-state index is -0.295. The Bertz CT molecular complexity index is 921. The molecule has 0 aliphatic carbocycles. The summed E-state index contributed by atoms with van der Waals surface area (Å²) in [5, 5.41) is 4.16. The number of carbonyl (C=O) groups is 1. The van der Waals surface area contributed by atoms with Crippen molar-refractivity contribution in [3.05, 3.63) is 58.9 Å². The molecule has 3 aromatic rings. The van der Waals surface area contributed by atoms with Gasteiger partial charge in [0.2, 0.25) is 5.91 Å². The van der Waals surface area contributed by atoms with Crippen LogP contribution in [0.3, 0.4) is 0 Å². The highest BCUT2D eigenvalue weighted by molar-refractivity contribution is 5.76. The molecule has 0 atom stereocenters. The third-order valence-corrected chi connectivity index (χ3v) is 4.31. The number of amides is 1. The molecule has 3 rings (SSSR count). The number of halogens is 1. The summed E-state index contributed by atoms with van der Waals surface area (Å²) in [5.74, 6) is 0.270. The van der Waals surface area contributed by atoms with E-state index in [9.17, 15) is 9.18 Å². The topological polar surface area (TPSA) is 63.4 Å². The standard InChI is InChI=1S/C18H20FN5O/c1-12-16(13(2)24-18(22-12)20-11-21-24)7-8-17(25)23(3)10-14-5-4-6-15(19)9-14/h4-6,9,11H,7-8,10H2,1-3H3. The van der Waals surface area contributed by atoms with Gasteiger partial charge in [-0.2, -0.15) is 10.1 Å². The van der Waals surface area contributed by atoms with Gasteiger partial charge in [-0.15, -0.1) is 0 Å². The molecule has 1 aromatic carbocycles.